The van der Waals surface area contributed by atoms with Crippen molar-refractivity contribution in [2.24, 2.45) is 0 Å². The van der Waals surface area contributed by atoms with Gasteiger partial charge in [-0.15, -0.1) is 0 Å². The molecule has 1 atom stereocenters. The Hall–Kier alpha value is -1.46. The fourth-order valence-corrected chi connectivity index (χ4v) is 3.89. The number of hydrogen-bond donors (Lipinski definition) is 1. The highest BCUT2D eigenvalue weighted by Crippen LogP contribution is 2.37. The van der Waals surface area contributed by atoms with Crippen molar-refractivity contribution in [3.63, 3.8) is 0 Å². The number of nitrogens with one attached hydrogen (secondary N) is 1. The lowest BCUT2D eigenvalue weighted by atomic mass is 10.1. The molecule has 1 fully saturated rings. The average molecular weight is 366 g/mol. The molecular formula is C19H28ClN3O2. The number of unbranched alkanes of at least 4 members (excludes halogenated alkanes) is 1. The van der Waals surface area contributed by atoms with E-state index in [0.29, 0.717) is 35.5 Å². The number of carbonyl (C=O) groups is 1. The minimum absolute atomic E-state index is 0.101. The number of anilines is 1. The fourth-order valence-electron chi connectivity index (χ4n) is 3.68. The first-order valence-electron chi connectivity index (χ1n) is 9.30. The molecule has 6 heteroatoms. The molecule has 2 heterocycles. The van der Waals surface area contributed by atoms with Gasteiger partial charge in [0.05, 0.1) is 17.8 Å². The first kappa shape index (κ1) is 18.3. The number of hydrogen-bond acceptors (Lipinski definition) is 4. The maximum atomic E-state index is 12.8. The van der Waals surface area contributed by atoms with Crippen LogP contribution in [-0.2, 0) is 0 Å². The third-order valence-corrected chi connectivity index (χ3v) is 5.38. The second-order valence-corrected chi connectivity index (χ2v) is 7.40. The van der Waals surface area contributed by atoms with E-state index in [1.54, 1.807) is 6.07 Å². The number of amides is 1. The lowest BCUT2D eigenvalue weighted by Crippen LogP contribution is -2.41. The molecule has 1 aromatic carbocycles. The molecule has 1 unspecified atom stereocenters. The Morgan fingerprint density at radius 2 is 2.24 bits per heavy atom. The van der Waals surface area contributed by atoms with Crippen molar-refractivity contribution < 1.29 is 9.53 Å². The smallest absolute Gasteiger partial charge is 0.255 e. The molecule has 0 radical (unpaired) electrons. The van der Waals surface area contributed by atoms with E-state index in [9.17, 15) is 4.79 Å². The van der Waals surface area contributed by atoms with Crippen molar-refractivity contribution in [2.75, 3.05) is 44.7 Å². The van der Waals surface area contributed by atoms with Gasteiger partial charge in [0.1, 0.15) is 6.61 Å². The molecule has 0 spiro atoms. The fraction of sp³-hybridized carbons (Fsp3) is 0.632. The number of likely N-dealkylation sites (N-methyl/N-ethyl adjacent to an activating group) is 1. The molecular weight excluding hydrogens is 338 g/mol. The zero-order chi connectivity index (χ0) is 17.8. The summed E-state index contributed by atoms with van der Waals surface area (Å²) in [5.74, 6) is 0.543. The van der Waals surface area contributed by atoms with E-state index in [-0.39, 0.29) is 5.91 Å². The molecule has 25 heavy (non-hydrogen) atoms. The lowest BCUT2D eigenvalue weighted by Gasteiger charge is -2.29. The summed E-state index contributed by atoms with van der Waals surface area (Å²) in [5.41, 5.74) is 1.42. The van der Waals surface area contributed by atoms with Crippen LogP contribution in [0.1, 0.15) is 43.0 Å². The molecule has 0 aliphatic carbocycles. The number of halogens is 1. The highest BCUT2D eigenvalue weighted by molar-refractivity contribution is 6.31. The molecule has 1 N–H and O–H groups in total. The zero-order valence-electron chi connectivity index (χ0n) is 15.2. The summed E-state index contributed by atoms with van der Waals surface area (Å²) in [5, 5.41) is 3.66. The predicted octanol–water partition coefficient (Wildman–Crippen LogP) is 3.16. The first-order valence-corrected chi connectivity index (χ1v) is 9.67. The van der Waals surface area contributed by atoms with Gasteiger partial charge in [-0.2, -0.15) is 0 Å². The Morgan fingerprint density at radius 1 is 1.40 bits per heavy atom. The molecule has 3 rings (SSSR count). The van der Waals surface area contributed by atoms with Crippen molar-refractivity contribution in [3.05, 3.63) is 22.7 Å². The van der Waals surface area contributed by atoms with Crippen molar-refractivity contribution in [1.82, 2.24) is 10.2 Å². The molecule has 1 amide bonds. The summed E-state index contributed by atoms with van der Waals surface area (Å²) < 4.78 is 5.78. The lowest BCUT2D eigenvalue weighted by molar-refractivity contribution is 0.0936. The Bertz CT molecular complexity index is 623. The Morgan fingerprint density at radius 3 is 3.04 bits per heavy atom. The summed E-state index contributed by atoms with van der Waals surface area (Å²) >= 11 is 6.23. The van der Waals surface area contributed by atoms with E-state index in [4.69, 9.17) is 16.3 Å². The van der Waals surface area contributed by atoms with Crippen LogP contribution in [0.15, 0.2) is 12.1 Å². The Balaban J connectivity index is 1.67. The van der Waals surface area contributed by atoms with Crippen LogP contribution >= 0.6 is 11.6 Å². The summed E-state index contributed by atoms with van der Waals surface area (Å²) in [6.07, 6.45) is 4.78. The monoisotopic (exact) mass is 365 g/mol. The van der Waals surface area contributed by atoms with Crippen LogP contribution in [0.25, 0.3) is 0 Å². The number of nitrogens with zero attached hydrogens (tertiary/aromatic N) is 2. The molecule has 2 aliphatic heterocycles. The summed E-state index contributed by atoms with van der Waals surface area (Å²) in [6, 6.07) is 4.00. The molecule has 138 valence electrons. The number of ether oxygens (including phenoxy) is 1. The number of benzene rings is 1. The van der Waals surface area contributed by atoms with E-state index in [2.05, 4.69) is 22.0 Å². The van der Waals surface area contributed by atoms with Gasteiger partial charge in [0.15, 0.2) is 5.75 Å². The highest BCUT2D eigenvalue weighted by Gasteiger charge is 2.26. The van der Waals surface area contributed by atoms with Crippen LogP contribution in [0.4, 0.5) is 5.69 Å². The normalized spacial score (nSPS) is 20.3. The van der Waals surface area contributed by atoms with Crippen LogP contribution < -0.4 is 15.0 Å². The van der Waals surface area contributed by atoms with Crippen molar-refractivity contribution in [3.8, 4) is 5.75 Å². The van der Waals surface area contributed by atoms with Crippen molar-refractivity contribution in [1.29, 1.82) is 0 Å². The van der Waals surface area contributed by atoms with Crippen LogP contribution in [-0.4, -0.2) is 56.7 Å². The van der Waals surface area contributed by atoms with E-state index >= 15 is 0 Å². The van der Waals surface area contributed by atoms with E-state index in [0.717, 1.165) is 31.7 Å². The quantitative estimate of drug-likeness (QED) is 0.841. The molecule has 1 aromatic rings. The van der Waals surface area contributed by atoms with Gasteiger partial charge in [-0.3, -0.25) is 9.69 Å². The van der Waals surface area contributed by atoms with Crippen molar-refractivity contribution in [2.45, 2.75) is 38.6 Å². The zero-order valence-corrected chi connectivity index (χ0v) is 15.9. The molecule has 1 saturated heterocycles. The van der Waals surface area contributed by atoms with Gasteiger partial charge < -0.3 is 15.0 Å². The molecule has 5 nitrogen and oxygen atoms in total. The highest BCUT2D eigenvalue weighted by atomic mass is 35.5. The predicted molar refractivity (Wildman–Crippen MR) is 102 cm³/mol. The summed E-state index contributed by atoms with van der Waals surface area (Å²) in [7, 11) is 1.99. The summed E-state index contributed by atoms with van der Waals surface area (Å²) in [4.78, 5) is 17.3. The summed E-state index contributed by atoms with van der Waals surface area (Å²) in [6.45, 7) is 6.53. The van der Waals surface area contributed by atoms with E-state index in [1.165, 1.54) is 19.3 Å². The second kappa shape index (κ2) is 8.28. The minimum atomic E-state index is -0.101. The van der Waals surface area contributed by atoms with Crippen LogP contribution in [0, 0.1) is 0 Å². The van der Waals surface area contributed by atoms with Gasteiger partial charge in [0.25, 0.3) is 5.91 Å². The number of fused-ring (bicyclic) bond motifs is 1. The Labute approximate surface area is 155 Å². The van der Waals surface area contributed by atoms with Crippen LogP contribution in [0.5, 0.6) is 5.75 Å². The van der Waals surface area contributed by atoms with Gasteiger partial charge in [-0.25, -0.2) is 0 Å². The van der Waals surface area contributed by atoms with Gasteiger partial charge in [0, 0.05) is 24.7 Å². The van der Waals surface area contributed by atoms with E-state index < -0.39 is 0 Å². The Kier molecular flexibility index (Phi) is 6.07. The molecule has 2 aliphatic rings. The third-order valence-electron chi connectivity index (χ3n) is 5.16. The molecule has 0 aromatic heterocycles. The van der Waals surface area contributed by atoms with Gasteiger partial charge in [-0.05, 0) is 44.5 Å². The maximum absolute atomic E-state index is 12.8. The SMILES string of the molecule is CCCCN1CCCC1CNC(=O)c1cc(Cl)cc2c1OCCN2C. The number of rotatable bonds is 6. The number of likely N-dealkylation sites (tertiary alicyclic amines) is 1. The topological polar surface area (TPSA) is 44.8 Å². The van der Waals surface area contributed by atoms with Gasteiger partial charge >= 0.3 is 0 Å². The molecule has 0 saturated carbocycles. The average Bonchev–Trinajstić information content (AvgIpc) is 3.05. The van der Waals surface area contributed by atoms with Gasteiger partial charge in [0.2, 0.25) is 0 Å². The second-order valence-electron chi connectivity index (χ2n) is 6.97. The van der Waals surface area contributed by atoms with E-state index in [1.807, 2.05) is 13.1 Å². The number of carbonyl (C=O) groups excluding carboxylic acids is 1. The third kappa shape index (κ3) is 4.21. The van der Waals surface area contributed by atoms with Crippen LogP contribution in [0.3, 0.4) is 0 Å². The maximum Gasteiger partial charge on any atom is 0.255 e. The van der Waals surface area contributed by atoms with Gasteiger partial charge in [-0.1, -0.05) is 24.9 Å². The minimum Gasteiger partial charge on any atom is -0.489 e. The van der Waals surface area contributed by atoms with Crippen molar-refractivity contribution >= 4 is 23.2 Å². The van der Waals surface area contributed by atoms with Crippen LogP contribution in [0.2, 0.25) is 5.02 Å². The largest absolute Gasteiger partial charge is 0.489 e. The standard InChI is InChI=1S/C19H28ClN3O2/c1-3-4-7-23-8-5-6-15(23)13-21-19(24)16-11-14(20)12-17-18(16)25-10-9-22(17)2/h11-12,15H,3-10,13H2,1-2H3,(H,21,24). The first-order chi connectivity index (χ1) is 12.1. The molecule has 0 bridgehead atoms.